The number of amides is 1. The molecule has 1 saturated heterocycles. The summed E-state index contributed by atoms with van der Waals surface area (Å²) < 4.78 is 0. The normalized spacial score (nSPS) is 33.7. The average molecular weight is 517 g/mol. The van der Waals surface area contributed by atoms with E-state index in [0.717, 1.165) is 37.2 Å². The standard InChI is InChI=1S/C29H48N4O4/c1-18-23-14-21(29(23,3)4)15-24(18)31-28(36)27-26(19(2)35)25(17-34)37-33(27)16-20-9-7-10-22(13-20)30-11-8-12-32(5)6/h7,9-10,13,18-19,21,23-27,30,34-35H,8,11-12,14-17H2,1-6H3,(H,31,36)/t18?,19-,21+,23?,24-,25-,26?,27-/m0/s1. The van der Waals surface area contributed by atoms with Crippen LogP contribution in [0.5, 0.6) is 0 Å². The van der Waals surface area contributed by atoms with Crippen LogP contribution in [0.15, 0.2) is 24.3 Å². The average Bonchev–Trinajstić information content (AvgIpc) is 3.21. The van der Waals surface area contributed by atoms with Crippen molar-refractivity contribution in [1.29, 1.82) is 0 Å². The molecule has 1 amide bonds. The summed E-state index contributed by atoms with van der Waals surface area (Å²) >= 11 is 0. The van der Waals surface area contributed by atoms with Gasteiger partial charge in [0.25, 0.3) is 0 Å². The summed E-state index contributed by atoms with van der Waals surface area (Å²) in [5, 5.41) is 29.1. The Morgan fingerprint density at radius 1 is 1.30 bits per heavy atom. The fourth-order valence-electron chi connectivity index (χ4n) is 7.07. The lowest BCUT2D eigenvalue weighted by molar-refractivity contribution is -0.183. The van der Waals surface area contributed by atoms with Gasteiger partial charge in [0.05, 0.1) is 19.3 Å². The number of nitrogens with zero attached hydrogens (tertiary/aromatic N) is 2. The molecule has 8 heteroatoms. The third-order valence-corrected chi connectivity index (χ3v) is 9.44. The molecule has 1 aromatic carbocycles. The monoisotopic (exact) mass is 516 g/mol. The van der Waals surface area contributed by atoms with Crippen LogP contribution in [-0.4, -0.2) is 84.2 Å². The fourth-order valence-corrected chi connectivity index (χ4v) is 7.07. The van der Waals surface area contributed by atoms with E-state index in [-0.39, 0.29) is 18.6 Å². The fraction of sp³-hybridized carbons (Fsp3) is 0.759. The van der Waals surface area contributed by atoms with Crippen LogP contribution in [0.1, 0.15) is 52.5 Å². The van der Waals surface area contributed by atoms with E-state index in [4.69, 9.17) is 4.84 Å². The van der Waals surface area contributed by atoms with Crippen molar-refractivity contribution in [1.82, 2.24) is 15.3 Å². The van der Waals surface area contributed by atoms with Gasteiger partial charge < -0.3 is 25.7 Å². The van der Waals surface area contributed by atoms with Gasteiger partial charge in [0.2, 0.25) is 5.91 Å². The first-order valence-corrected chi connectivity index (χ1v) is 14.0. The minimum Gasteiger partial charge on any atom is -0.394 e. The highest BCUT2D eigenvalue weighted by Crippen LogP contribution is 2.61. The molecule has 208 valence electrons. The SMILES string of the molecule is CC1C2C[C@H](C[C@@H]1NC(=O)[C@@H]1C([C@H](C)O)[C@H](CO)ON1Cc1cccc(NCCCN(C)C)c1)C2(C)C. The molecule has 2 bridgehead atoms. The number of carbonyl (C=O) groups excluding carboxylic acids is 1. The first-order chi connectivity index (χ1) is 17.5. The maximum Gasteiger partial charge on any atom is 0.240 e. The molecule has 1 heterocycles. The molecule has 5 rings (SSSR count). The molecule has 0 spiro atoms. The van der Waals surface area contributed by atoms with Crippen LogP contribution in [0.25, 0.3) is 0 Å². The number of hydrogen-bond acceptors (Lipinski definition) is 7. The van der Waals surface area contributed by atoms with Gasteiger partial charge in [-0.3, -0.25) is 9.63 Å². The molecule has 4 fully saturated rings. The summed E-state index contributed by atoms with van der Waals surface area (Å²) in [5.41, 5.74) is 2.38. The molecule has 4 aliphatic rings. The highest BCUT2D eigenvalue weighted by Gasteiger charge is 2.57. The maximum absolute atomic E-state index is 13.8. The molecule has 1 aliphatic heterocycles. The highest BCUT2D eigenvalue weighted by molar-refractivity contribution is 5.82. The molecule has 4 N–H and O–H groups in total. The Bertz CT molecular complexity index is 923. The van der Waals surface area contributed by atoms with Crippen LogP contribution in [0.4, 0.5) is 5.69 Å². The van der Waals surface area contributed by atoms with E-state index in [0.29, 0.717) is 29.7 Å². The zero-order valence-corrected chi connectivity index (χ0v) is 23.5. The van der Waals surface area contributed by atoms with Crippen molar-refractivity contribution < 1.29 is 19.8 Å². The molecule has 0 radical (unpaired) electrons. The summed E-state index contributed by atoms with van der Waals surface area (Å²) in [6.45, 7) is 10.7. The van der Waals surface area contributed by atoms with Crippen LogP contribution in [0.2, 0.25) is 0 Å². The van der Waals surface area contributed by atoms with Gasteiger partial charge in [-0.05, 0) is 87.7 Å². The Morgan fingerprint density at radius 3 is 2.68 bits per heavy atom. The number of carbonyl (C=O) groups is 1. The number of aliphatic hydroxyl groups is 2. The van der Waals surface area contributed by atoms with E-state index >= 15 is 0 Å². The summed E-state index contributed by atoms with van der Waals surface area (Å²) in [4.78, 5) is 22.0. The Labute approximate surface area is 222 Å². The number of hydroxylamine groups is 2. The number of benzene rings is 1. The van der Waals surface area contributed by atoms with Crippen molar-refractivity contribution in [2.75, 3.05) is 39.1 Å². The van der Waals surface area contributed by atoms with Gasteiger partial charge >= 0.3 is 0 Å². The molecule has 37 heavy (non-hydrogen) atoms. The Hall–Kier alpha value is -1.71. The molecule has 3 saturated carbocycles. The molecule has 3 aliphatic carbocycles. The van der Waals surface area contributed by atoms with Gasteiger partial charge in [-0.25, -0.2) is 0 Å². The summed E-state index contributed by atoms with van der Waals surface area (Å²) in [5.74, 6) is 1.05. The number of aliphatic hydroxyl groups excluding tert-OH is 2. The first-order valence-electron chi connectivity index (χ1n) is 14.0. The van der Waals surface area contributed by atoms with Crippen molar-refractivity contribution in [3.05, 3.63) is 29.8 Å². The predicted molar refractivity (Wildman–Crippen MR) is 146 cm³/mol. The van der Waals surface area contributed by atoms with Crippen molar-refractivity contribution in [2.24, 2.45) is 29.1 Å². The van der Waals surface area contributed by atoms with Gasteiger partial charge in [-0.15, -0.1) is 0 Å². The van der Waals surface area contributed by atoms with Crippen LogP contribution in [0.3, 0.4) is 0 Å². The van der Waals surface area contributed by atoms with Gasteiger partial charge in [0.15, 0.2) is 0 Å². The van der Waals surface area contributed by atoms with Gasteiger partial charge in [0.1, 0.15) is 12.1 Å². The second-order valence-corrected chi connectivity index (χ2v) is 12.5. The van der Waals surface area contributed by atoms with Crippen molar-refractivity contribution >= 4 is 11.6 Å². The van der Waals surface area contributed by atoms with E-state index in [1.54, 1.807) is 12.0 Å². The van der Waals surface area contributed by atoms with Crippen LogP contribution in [-0.2, 0) is 16.2 Å². The zero-order chi connectivity index (χ0) is 26.9. The van der Waals surface area contributed by atoms with Crippen LogP contribution in [0, 0.1) is 29.1 Å². The third-order valence-electron chi connectivity index (χ3n) is 9.44. The summed E-state index contributed by atoms with van der Waals surface area (Å²) in [6.07, 6.45) is 1.87. The minimum absolute atomic E-state index is 0.115. The van der Waals surface area contributed by atoms with E-state index < -0.39 is 24.2 Å². The lowest BCUT2D eigenvalue weighted by Crippen LogP contribution is -2.62. The molecule has 8 atom stereocenters. The van der Waals surface area contributed by atoms with Gasteiger partial charge in [-0.2, -0.15) is 5.06 Å². The maximum atomic E-state index is 13.8. The van der Waals surface area contributed by atoms with E-state index in [1.165, 1.54) is 6.42 Å². The Kier molecular flexibility index (Phi) is 8.86. The number of hydrogen-bond donors (Lipinski definition) is 4. The van der Waals surface area contributed by atoms with Crippen molar-refractivity contribution in [2.45, 2.75) is 77.8 Å². The quantitative estimate of drug-likeness (QED) is 0.336. The lowest BCUT2D eigenvalue weighted by Gasteiger charge is -2.62. The molecule has 0 aromatic heterocycles. The largest absolute Gasteiger partial charge is 0.394 e. The topological polar surface area (TPSA) is 97.3 Å². The molecular weight excluding hydrogens is 468 g/mol. The summed E-state index contributed by atoms with van der Waals surface area (Å²) in [6, 6.07) is 7.60. The second-order valence-electron chi connectivity index (χ2n) is 12.5. The lowest BCUT2D eigenvalue weighted by atomic mass is 9.45. The smallest absolute Gasteiger partial charge is 0.240 e. The number of nitrogens with one attached hydrogen (secondary N) is 2. The highest BCUT2D eigenvalue weighted by atomic mass is 16.7. The van der Waals surface area contributed by atoms with E-state index in [2.05, 4.69) is 56.5 Å². The van der Waals surface area contributed by atoms with Gasteiger partial charge in [0, 0.05) is 24.2 Å². The Morgan fingerprint density at radius 2 is 2.05 bits per heavy atom. The minimum atomic E-state index is -0.793. The molecule has 3 unspecified atom stereocenters. The van der Waals surface area contributed by atoms with Crippen molar-refractivity contribution in [3.8, 4) is 0 Å². The third kappa shape index (κ3) is 5.98. The number of fused-ring (bicyclic) bond motifs is 2. The van der Waals surface area contributed by atoms with E-state index in [9.17, 15) is 15.0 Å². The Balaban J connectivity index is 1.46. The summed E-state index contributed by atoms with van der Waals surface area (Å²) in [7, 11) is 4.14. The second kappa shape index (κ2) is 11.6. The number of rotatable bonds is 11. The molecule has 1 aromatic rings. The zero-order valence-electron chi connectivity index (χ0n) is 23.5. The predicted octanol–water partition coefficient (Wildman–Crippen LogP) is 2.71. The molecular formula is C29H48N4O4. The number of anilines is 1. The van der Waals surface area contributed by atoms with Crippen LogP contribution < -0.4 is 10.6 Å². The molecule has 8 nitrogen and oxygen atoms in total. The van der Waals surface area contributed by atoms with Crippen LogP contribution >= 0.6 is 0 Å². The van der Waals surface area contributed by atoms with Crippen molar-refractivity contribution in [3.63, 3.8) is 0 Å². The van der Waals surface area contributed by atoms with E-state index in [1.807, 2.05) is 18.2 Å². The first kappa shape index (κ1) is 28.3. The van der Waals surface area contributed by atoms with Gasteiger partial charge in [-0.1, -0.05) is 32.9 Å².